The largest absolute Gasteiger partial charge is 0.495 e. The lowest BCUT2D eigenvalue weighted by Crippen LogP contribution is -2.23. The van der Waals surface area contributed by atoms with Crippen molar-refractivity contribution in [1.82, 2.24) is 4.98 Å². The Hall–Kier alpha value is -3.99. The van der Waals surface area contributed by atoms with E-state index < -0.39 is 10.9 Å². The monoisotopic (exact) mass is 496 g/mol. The Balaban J connectivity index is 1.48. The Morgan fingerprint density at radius 1 is 1.20 bits per heavy atom. The number of nitrogens with zero attached hydrogens (tertiary/aromatic N) is 4. The quantitative estimate of drug-likeness (QED) is 0.250. The number of amides is 1. The van der Waals surface area contributed by atoms with Crippen molar-refractivity contribution in [3.63, 3.8) is 0 Å². The summed E-state index contributed by atoms with van der Waals surface area (Å²) >= 11 is 1.22. The van der Waals surface area contributed by atoms with Gasteiger partial charge >= 0.3 is 5.97 Å². The molecule has 0 atom stereocenters. The van der Waals surface area contributed by atoms with Crippen LogP contribution in [0.15, 0.2) is 47.8 Å². The molecule has 11 heteroatoms. The Morgan fingerprint density at radius 3 is 2.63 bits per heavy atom. The number of hydrogen-bond acceptors (Lipinski definition) is 9. The molecule has 182 valence electrons. The third kappa shape index (κ3) is 5.24. The van der Waals surface area contributed by atoms with E-state index >= 15 is 0 Å². The van der Waals surface area contributed by atoms with Crippen molar-refractivity contribution in [2.45, 2.75) is 26.4 Å². The second-order valence-corrected chi connectivity index (χ2v) is 8.72. The summed E-state index contributed by atoms with van der Waals surface area (Å²) < 4.78 is 10.7. The summed E-state index contributed by atoms with van der Waals surface area (Å²) in [6.07, 6.45) is 1.96. The van der Waals surface area contributed by atoms with Gasteiger partial charge in [0.05, 0.1) is 29.0 Å². The molecular weight excluding hydrogens is 472 g/mol. The molecule has 0 bridgehead atoms. The van der Waals surface area contributed by atoms with Crippen LogP contribution in [0.2, 0.25) is 0 Å². The highest BCUT2D eigenvalue weighted by Gasteiger charge is 2.25. The fraction of sp³-hybridized carbons (Fsp3) is 0.292. The van der Waals surface area contributed by atoms with Gasteiger partial charge in [-0.15, -0.1) is 11.3 Å². The Kier molecular flexibility index (Phi) is 7.25. The molecule has 0 aliphatic carbocycles. The first kappa shape index (κ1) is 24.1. The summed E-state index contributed by atoms with van der Waals surface area (Å²) in [5, 5.41) is 13.7. The molecule has 2 heterocycles. The standard InChI is InChI=1S/C24H24N4O6S/c1-16(29)27(20-7-3-4-8-22(20)33-2)24-25-18(15-35-24)14-34-23(30)17-9-10-19(21(13-17)28(31)32)26-11-5-6-12-26/h3-4,7-10,13,15H,5-6,11-12,14H2,1-2H3. The normalized spacial score (nSPS) is 12.9. The zero-order valence-corrected chi connectivity index (χ0v) is 20.1. The summed E-state index contributed by atoms with van der Waals surface area (Å²) in [5.41, 5.74) is 1.48. The fourth-order valence-electron chi connectivity index (χ4n) is 3.93. The van der Waals surface area contributed by atoms with E-state index in [0.29, 0.717) is 27.9 Å². The van der Waals surface area contributed by atoms with E-state index in [0.717, 1.165) is 25.9 Å². The van der Waals surface area contributed by atoms with Crippen molar-refractivity contribution >= 4 is 45.4 Å². The van der Waals surface area contributed by atoms with E-state index in [1.807, 2.05) is 4.90 Å². The van der Waals surface area contributed by atoms with Crippen LogP contribution >= 0.6 is 11.3 Å². The number of para-hydroxylation sites is 2. The highest BCUT2D eigenvalue weighted by molar-refractivity contribution is 7.14. The van der Waals surface area contributed by atoms with Gasteiger partial charge in [0, 0.05) is 31.5 Å². The molecule has 35 heavy (non-hydrogen) atoms. The summed E-state index contributed by atoms with van der Waals surface area (Å²) in [4.78, 5) is 43.9. The van der Waals surface area contributed by atoms with Gasteiger partial charge in [0.2, 0.25) is 5.91 Å². The SMILES string of the molecule is COc1ccccc1N(C(C)=O)c1nc(COC(=O)c2ccc(N3CCCC3)c([N+](=O)[O-])c2)cs1. The summed E-state index contributed by atoms with van der Waals surface area (Å²) in [5.74, 6) is -0.425. The van der Waals surface area contributed by atoms with Crippen LogP contribution < -0.4 is 14.5 Å². The van der Waals surface area contributed by atoms with Gasteiger partial charge in [0.1, 0.15) is 18.0 Å². The van der Waals surface area contributed by atoms with Crippen molar-refractivity contribution < 1.29 is 24.0 Å². The average Bonchev–Trinajstić information content (AvgIpc) is 3.55. The number of ether oxygens (including phenoxy) is 2. The van der Waals surface area contributed by atoms with Gasteiger partial charge in [-0.2, -0.15) is 0 Å². The number of carbonyl (C=O) groups is 2. The zero-order valence-electron chi connectivity index (χ0n) is 19.3. The Morgan fingerprint density at radius 2 is 1.94 bits per heavy atom. The first-order chi connectivity index (χ1) is 16.9. The number of carbonyl (C=O) groups excluding carboxylic acids is 2. The predicted molar refractivity (Wildman–Crippen MR) is 132 cm³/mol. The van der Waals surface area contributed by atoms with Gasteiger partial charge < -0.3 is 14.4 Å². The van der Waals surface area contributed by atoms with Gasteiger partial charge in [-0.25, -0.2) is 9.78 Å². The third-order valence-corrected chi connectivity index (χ3v) is 6.45. The molecule has 1 aliphatic rings. The number of anilines is 3. The van der Waals surface area contributed by atoms with Crippen LogP contribution in [0.1, 0.15) is 35.8 Å². The number of nitro benzene ring substituents is 1. The van der Waals surface area contributed by atoms with E-state index in [1.165, 1.54) is 42.4 Å². The van der Waals surface area contributed by atoms with E-state index in [4.69, 9.17) is 9.47 Å². The van der Waals surface area contributed by atoms with Crippen LogP contribution in [0.25, 0.3) is 0 Å². The summed E-state index contributed by atoms with van der Waals surface area (Å²) in [6.45, 7) is 2.78. The molecule has 1 fully saturated rings. The topological polar surface area (TPSA) is 115 Å². The number of benzene rings is 2. The van der Waals surface area contributed by atoms with E-state index in [2.05, 4.69) is 4.98 Å². The highest BCUT2D eigenvalue weighted by atomic mass is 32.1. The first-order valence-electron chi connectivity index (χ1n) is 11.0. The van der Waals surface area contributed by atoms with Crippen LogP contribution in [-0.2, 0) is 16.1 Å². The molecule has 3 aromatic rings. The minimum Gasteiger partial charge on any atom is -0.495 e. The maximum Gasteiger partial charge on any atom is 0.338 e. The zero-order chi connectivity index (χ0) is 24.9. The van der Waals surface area contributed by atoms with E-state index in [-0.39, 0.29) is 23.8 Å². The molecule has 0 spiro atoms. The lowest BCUT2D eigenvalue weighted by molar-refractivity contribution is -0.384. The number of thiazole rings is 1. The van der Waals surface area contributed by atoms with Crippen LogP contribution in [0.4, 0.5) is 22.2 Å². The van der Waals surface area contributed by atoms with Crippen molar-refractivity contribution in [2.75, 3.05) is 30.0 Å². The number of aromatic nitrogens is 1. The minimum atomic E-state index is -0.691. The first-order valence-corrected chi connectivity index (χ1v) is 11.9. The maximum absolute atomic E-state index is 12.6. The number of esters is 1. The second kappa shape index (κ2) is 10.5. The molecule has 2 aromatic carbocycles. The van der Waals surface area contributed by atoms with Gasteiger partial charge in [0.25, 0.3) is 5.69 Å². The van der Waals surface area contributed by atoms with Gasteiger partial charge in [-0.3, -0.25) is 19.8 Å². The molecule has 0 unspecified atom stereocenters. The lowest BCUT2D eigenvalue weighted by Gasteiger charge is -2.20. The third-order valence-electron chi connectivity index (χ3n) is 5.58. The van der Waals surface area contributed by atoms with Gasteiger partial charge in [-0.1, -0.05) is 12.1 Å². The van der Waals surface area contributed by atoms with Crippen molar-refractivity contribution in [3.05, 3.63) is 69.2 Å². The number of hydrogen-bond donors (Lipinski definition) is 0. The molecule has 1 aromatic heterocycles. The minimum absolute atomic E-state index is 0.0921. The summed E-state index contributed by atoms with van der Waals surface area (Å²) in [7, 11) is 1.52. The van der Waals surface area contributed by atoms with Crippen molar-refractivity contribution in [2.24, 2.45) is 0 Å². The molecule has 0 radical (unpaired) electrons. The molecule has 0 N–H and O–H groups in total. The lowest BCUT2D eigenvalue weighted by atomic mass is 10.1. The molecule has 1 saturated heterocycles. The van der Waals surface area contributed by atoms with Crippen LogP contribution in [0.5, 0.6) is 5.75 Å². The average molecular weight is 497 g/mol. The van der Waals surface area contributed by atoms with E-state index in [9.17, 15) is 19.7 Å². The Labute approximate surface area is 205 Å². The predicted octanol–water partition coefficient (Wildman–Crippen LogP) is 4.70. The summed E-state index contributed by atoms with van der Waals surface area (Å²) in [6, 6.07) is 11.5. The fourth-order valence-corrected chi connectivity index (χ4v) is 4.80. The van der Waals surface area contributed by atoms with Crippen LogP contribution in [0, 0.1) is 10.1 Å². The van der Waals surface area contributed by atoms with E-state index in [1.54, 1.807) is 35.7 Å². The number of methoxy groups -OCH3 is 1. The Bertz CT molecular complexity index is 1250. The van der Waals surface area contributed by atoms with Crippen LogP contribution in [0.3, 0.4) is 0 Å². The highest BCUT2D eigenvalue weighted by Crippen LogP contribution is 2.36. The van der Waals surface area contributed by atoms with Crippen molar-refractivity contribution in [1.29, 1.82) is 0 Å². The smallest absolute Gasteiger partial charge is 0.338 e. The molecule has 1 amide bonds. The maximum atomic E-state index is 12.6. The molecular formula is C24H24N4O6S. The number of rotatable bonds is 8. The van der Waals surface area contributed by atoms with Gasteiger partial charge in [0.15, 0.2) is 5.13 Å². The van der Waals surface area contributed by atoms with Gasteiger partial charge in [-0.05, 0) is 37.1 Å². The van der Waals surface area contributed by atoms with Crippen molar-refractivity contribution in [3.8, 4) is 5.75 Å². The molecule has 4 rings (SSSR count). The molecule has 1 aliphatic heterocycles. The van der Waals surface area contributed by atoms with Crippen LogP contribution in [-0.4, -0.2) is 42.0 Å². The number of nitro groups is 1. The molecule has 10 nitrogen and oxygen atoms in total. The second-order valence-electron chi connectivity index (χ2n) is 7.88. The molecule has 0 saturated carbocycles.